The highest BCUT2D eigenvalue weighted by atomic mass is 79.9. The fourth-order valence-corrected chi connectivity index (χ4v) is 2.62. The number of ether oxygens (including phenoxy) is 1. The first-order chi connectivity index (χ1) is 9.38. The smallest absolute Gasteiger partial charge is 0.323 e. The number of nitrogens with zero attached hydrogens (tertiary/aromatic N) is 1. The van der Waals surface area contributed by atoms with Crippen LogP contribution < -0.4 is 4.74 Å². The maximum absolute atomic E-state index is 13.6. The second-order valence-corrected chi connectivity index (χ2v) is 5.70. The summed E-state index contributed by atoms with van der Waals surface area (Å²) in [4.78, 5) is 21.7. The van der Waals surface area contributed by atoms with E-state index in [-0.39, 0.29) is 27.2 Å². The minimum absolute atomic E-state index is 0.128. The second-order valence-electron chi connectivity index (χ2n) is 3.77. The van der Waals surface area contributed by atoms with Crippen molar-refractivity contribution >= 4 is 38.7 Å². The normalized spacial score (nSPS) is 10.3. The van der Waals surface area contributed by atoms with Gasteiger partial charge in [-0.1, -0.05) is 27.3 Å². The van der Waals surface area contributed by atoms with E-state index in [9.17, 15) is 19.3 Å². The monoisotopic (exact) mass is 359 g/mol. The largest absolute Gasteiger partial charge is 0.437 e. The van der Waals surface area contributed by atoms with Gasteiger partial charge in [-0.25, -0.2) is 4.39 Å². The van der Waals surface area contributed by atoms with E-state index < -0.39 is 10.7 Å². The predicted molar refractivity (Wildman–Crippen MR) is 75.2 cm³/mol. The number of rotatable bonds is 4. The van der Waals surface area contributed by atoms with E-state index in [0.29, 0.717) is 4.47 Å². The maximum Gasteiger partial charge on any atom is 0.323 e. The molecule has 0 aliphatic carbocycles. The molecule has 0 fully saturated rings. The van der Waals surface area contributed by atoms with Gasteiger partial charge in [0.05, 0.1) is 9.80 Å². The summed E-state index contributed by atoms with van der Waals surface area (Å²) in [7, 11) is 0. The third-order valence-electron chi connectivity index (χ3n) is 2.32. The highest BCUT2D eigenvalue weighted by molar-refractivity contribution is 9.10. The molecule has 0 atom stereocenters. The number of hydrogen-bond acceptors (Lipinski definition) is 5. The van der Waals surface area contributed by atoms with E-state index >= 15 is 0 Å². The van der Waals surface area contributed by atoms with Crippen LogP contribution in [0.1, 0.15) is 16.6 Å². The van der Waals surface area contributed by atoms with Gasteiger partial charge in [0.25, 0.3) is 5.06 Å². The molecule has 2 aromatic rings. The van der Waals surface area contributed by atoms with Crippen LogP contribution in [0.15, 0.2) is 28.7 Å². The number of nitro groups is 1. The molecule has 0 aliphatic heterocycles. The molecule has 0 saturated heterocycles. The summed E-state index contributed by atoms with van der Waals surface area (Å²) in [5.41, 5.74) is -0.362. The zero-order valence-corrected chi connectivity index (χ0v) is 12.5. The molecule has 0 spiro atoms. The van der Waals surface area contributed by atoms with Gasteiger partial charge < -0.3 is 4.74 Å². The van der Waals surface area contributed by atoms with Gasteiger partial charge in [0.2, 0.25) is 0 Å². The Morgan fingerprint density at radius 2 is 2.15 bits per heavy atom. The maximum atomic E-state index is 13.6. The Morgan fingerprint density at radius 1 is 1.45 bits per heavy atom. The molecule has 0 aliphatic rings. The Hall–Kier alpha value is -1.80. The average molecular weight is 360 g/mol. The van der Waals surface area contributed by atoms with E-state index in [4.69, 9.17) is 4.74 Å². The molecule has 1 aromatic carbocycles. The SMILES string of the molecule is CC(=O)c1cc([N+](=O)[O-])c(Oc2cc(Br)ccc2F)s1. The summed E-state index contributed by atoms with van der Waals surface area (Å²) in [5.74, 6) is -1.12. The summed E-state index contributed by atoms with van der Waals surface area (Å²) in [6.07, 6.45) is 0. The number of halogens is 2. The molecular weight excluding hydrogens is 353 g/mol. The van der Waals surface area contributed by atoms with Crippen LogP contribution in [0.5, 0.6) is 10.8 Å². The molecule has 5 nitrogen and oxygen atoms in total. The minimum atomic E-state index is -0.672. The lowest BCUT2D eigenvalue weighted by molar-refractivity contribution is -0.385. The van der Waals surface area contributed by atoms with Gasteiger partial charge in [-0.05, 0) is 25.1 Å². The Morgan fingerprint density at radius 3 is 2.75 bits per heavy atom. The predicted octanol–water partition coefficient (Wildman–Crippen LogP) is 4.55. The van der Waals surface area contributed by atoms with Crippen molar-refractivity contribution in [3.8, 4) is 10.8 Å². The van der Waals surface area contributed by atoms with E-state index in [2.05, 4.69) is 15.9 Å². The van der Waals surface area contributed by atoms with Gasteiger partial charge in [0, 0.05) is 10.5 Å². The zero-order chi connectivity index (χ0) is 14.9. The van der Waals surface area contributed by atoms with Crippen LogP contribution in [0, 0.1) is 15.9 Å². The lowest BCUT2D eigenvalue weighted by Gasteiger charge is -2.04. The first kappa shape index (κ1) is 14.6. The van der Waals surface area contributed by atoms with Crippen LogP contribution in [0.2, 0.25) is 0 Å². The molecule has 0 saturated carbocycles. The summed E-state index contributed by atoms with van der Waals surface area (Å²) in [5, 5.41) is 10.8. The van der Waals surface area contributed by atoms with Crippen LogP contribution >= 0.6 is 27.3 Å². The number of ketones is 1. The van der Waals surface area contributed by atoms with Crippen molar-refractivity contribution in [1.29, 1.82) is 0 Å². The molecule has 0 unspecified atom stereocenters. The van der Waals surface area contributed by atoms with Crippen molar-refractivity contribution in [3.63, 3.8) is 0 Å². The molecule has 0 amide bonds. The summed E-state index contributed by atoms with van der Waals surface area (Å²) >= 11 is 3.96. The number of carbonyl (C=O) groups is 1. The van der Waals surface area contributed by atoms with Crippen LogP contribution in [0.4, 0.5) is 10.1 Å². The van der Waals surface area contributed by atoms with Gasteiger partial charge in [-0.15, -0.1) is 0 Å². The highest BCUT2D eigenvalue weighted by Crippen LogP contribution is 2.41. The van der Waals surface area contributed by atoms with Gasteiger partial charge in [0.1, 0.15) is 0 Å². The molecule has 8 heteroatoms. The molecular formula is C12H7BrFNO4S. The molecule has 2 rings (SSSR count). The van der Waals surface area contributed by atoms with Crippen LogP contribution in [-0.4, -0.2) is 10.7 Å². The topological polar surface area (TPSA) is 69.4 Å². The molecule has 0 bridgehead atoms. The van der Waals surface area contributed by atoms with Crippen molar-refractivity contribution in [1.82, 2.24) is 0 Å². The fourth-order valence-electron chi connectivity index (χ4n) is 1.39. The van der Waals surface area contributed by atoms with E-state index in [0.717, 1.165) is 17.4 Å². The molecule has 20 heavy (non-hydrogen) atoms. The Labute approximate surface area is 125 Å². The average Bonchev–Trinajstić information content (AvgIpc) is 2.78. The molecule has 0 radical (unpaired) electrons. The first-order valence-corrected chi connectivity index (χ1v) is 6.91. The van der Waals surface area contributed by atoms with Crippen molar-refractivity contribution in [3.05, 3.63) is 49.5 Å². The number of hydrogen-bond donors (Lipinski definition) is 0. The Bertz CT molecular complexity index is 701. The van der Waals surface area contributed by atoms with Crippen LogP contribution in [-0.2, 0) is 0 Å². The summed E-state index contributed by atoms with van der Waals surface area (Å²) in [6, 6.07) is 5.13. The quantitative estimate of drug-likeness (QED) is 0.456. The first-order valence-electron chi connectivity index (χ1n) is 5.30. The molecule has 1 aromatic heterocycles. The molecule has 104 valence electrons. The third-order valence-corrected chi connectivity index (χ3v) is 3.92. The lowest BCUT2D eigenvalue weighted by atomic mass is 10.3. The minimum Gasteiger partial charge on any atom is -0.437 e. The fraction of sp³-hybridized carbons (Fsp3) is 0.0833. The molecule has 1 heterocycles. The van der Waals surface area contributed by atoms with Gasteiger partial charge in [-0.2, -0.15) is 0 Å². The van der Waals surface area contributed by atoms with E-state index in [1.807, 2.05) is 0 Å². The van der Waals surface area contributed by atoms with E-state index in [1.54, 1.807) is 0 Å². The van der Waals surface area contributed by atoms with Crippen molar-refractivity contribution in [2.45, 2.75) is 6.92 Å². The standard InChI is InChI=1S/C12H7BrFNO4S/c1-6(16)11-5-9(15(17)18)12(20-11)19-10-4-7(13)2-3-8(10)14/h2-5H,1H3. The van der Waals surface area contributed by atoms with Crippen molar-refractivity contribution in [2.75, 3.05) is 0 Å². The Balaban J connectivity index is 2.44. The van der Waals surface area contributed by atoms with Crippen molar-refractivity contribution < 1.29 is 18.8 Å². The number of Topliss-reactive ketones (excluding diaryl/α,β-unsaturated/α-hetero) is 1. The van der Waals surface area contributed by atoms with Crippen LogP contribution in [0.25, 0.3) is 0 Å². The van der Waals surface area contributed by atoms with Crippen molar-refractivity contribution in [2.24, 2.45) is 0 Å². The molecule has 0 N–H and O–H groups in total. The Kier molecular flexibility index (Phi) is 4.15. The number of thiophene rings is 1. The number of carbonyl (C=O) groups excluding carboxylic acids is 1. The van der Waals surface area contributed by atoms with Gasteiger partial charge >= 0.3 is 5.69 Å². The van der Waals surface area contributed by atoms with Gasteiger partial charge in [0.15, 0.2) is 17.3 Å². The summed E-state index contributed by atoms with van der Waals surface area (Å²) < 4.78 is 19.4. The highest BCUT2D eigenvalue weighted by Gasteiger charge is 2.23. The lowest BCUT2D eigenvalue weighted by Crippen LogP contribution is -1.91. The van der Waals surface area contributed by atoms with Crippen LogP contribution in [0.3, 0.4) is 0 Å². The van der Waals surface area contributed by atoms with Gasteiger partial charge in [-0.3, -0.25) is 14.9 Å². The van der Waals surface area contributed by atoms with E-state index in [1.165, 1.54) is 25.1 Å². The summed E-state index contributed by atoms with van der Waals surface area (Å²) in [6.45, 7) is 1.29. The zero-order valence-electron chi connectivity index (χ0n) is 10.1. The third kappa shape index (κ3) is 3.02. The number of benzene rings is 1. The second kappa shape index (κ2) is 5.68.